The van der Waals surface area contributed by atoms with Gasteiger partial charge in [-0.25, -0.2) is 4.98 Å². The van der Waals surface area contributed by atoms with Crippen molar-refractivity contribution in [3.63, 3.8) is 0 Å². The number of carbonyl (C=O) groups excluding carboxylic acids is 1. The van der Waals surface area contributed by atoms with Gasteiger partial charge in [0.1, 0.15) is 10.5 Å². The third-order valence-electron chi connectivity index (χ3n) is 4.53. The number of carbonyl (C=O) groups is 1. The van der Waals surface area contributed by atoms with Crippen molar-refractivity contribution >= 4 is 33.6 Å². The van der Waals surface area contributed by atoms with Gasteiger partial charge in [-0.3, -0.25) is 4.79 Å². The van der Waals surface area contributed by atoms with Gasteiger partial charge in [0, 0.05) is 5.75 Å². The first-order chi connectivity index (χ1) is 14.5. The number of halogens is 1. The predicted molar refractivity (Wildman–Crippen MR) is 122 cm³/mol. The standard InChI is InChI=1S/C22H26BrN3O3S/c1-2-7-18(15-8-4-3-5-9-15)26-22(29)17(12-24)21(30-14-16(28)13-27)19-10-6-11-20(23)25-19/h3-6,8-11,16-18,21,27-28H,2,7,13-14H2,1H3,(H,26,29)/t16?,17?,18-,21?/m0/s1. The van der Waals surface area contributed by atoms with E-state index < -0.39 is 17.3 Å². The van der Waals surface area contributed by atoms with Crippen molar-refractivity contribution in [2.45, 2.75) is 37.2 Å². The summed E-state index contributed by atoms with van der Waals surface area (Å²) in [6, 6.07) is 16.9. The first-order valence-corrected chi connectivity index (χ1v) is 11.6. The number of nitrogens with one attached hydrogen (secondary N) is 1. The molecular formula is C22H26BrN3O3S. The molecule has 0 radical (unpaired) electrons. The molecule has 8 heteroatoms. The largest absolute Gasteiger partial charge is 0.394 e. The number of amides is 1. The van der Waals surface area contributed by atoms with E-state index in [4.69, 9.17) is 5.11 Å². The van der Waals surface area contributed by atoms with Crippen molar-refractivity contribution in [2.75, 3.05) is 12.4 Å². The van der Waals surface area contributed by atoms with Gasteiger partial charge in [0.25, 0.3) is 0 Å². The highest BCUT2D eigenvalue weighted by Crippen LogP contribution is 2.36. The number of pyridine rings is 1. The van der Waals surface area contributed by atoms with E-state index in [-0.39, 0.29) is 24.3 Å². The number of rotatable bonds is 11. The monoisotopic (exact) mass is 491 g/mol. The molecule has 1 heterocycles. The fourth-order valence-electron chi connectivity index (χ4n) is 3.02. The lowest BCUT2D eigenvalue weighted by Crippen LogP contribution is -2.36. The third-order valence-corrected chi connectivity index (χ3v) is 6.42. The highest BCUT2D eigenvalue weighted by atomic mass is 79.9. The molecule has 0 fully saturated rings. The van der Waals surface area contributed by atoms with E-state index in [1.165, 1.54) is 11.8 Å². The van der Waals surface area contributed by atoms with Crippen LogP contribution >= 0.6 is 27.7 Å². The van der Waals surface area contributed by atoms with E-state index in [9.17, 15) is 15.2 Å². The predicted octanol–water partition coefficient (Wildman–Crippen LogP) is 3.77. The average molecular weight is 492 g/mol. The number of hydrogen-bond acceptors (Lipinski definition) is 6. The summed E-state index contributed by atoms with van der Waals surface area (Å²) in [7, 11) is 0. The Morgan fingerprint density at radius 3 is 2.60 bits per heavy atom. The third kappa shape index (κ3) is 7.10. The van der Waals surface area contributed by atoms with Crippen LogP contribution in [0.3, 0.4) is 0 Å². The maximum absolute atomic E-state index is 13.1. The summed E-state index contributed by atoms with van der Waals surface area (Å²) >= 11 is 4.57. The molecular weight excluding hydrogens is 466 g/mol. The molecule has 160 valence electrons. The molecule has 2 aromatic rings. The van der Waals surface area contributed by atoms with Gasteiger partial charge in [-0.2, -0.15) is 5.26 Å². The maximum atomic E-state index is 13.1. The number of aliphatic hydroxyl groups is 2. The number of nitriles is 1. The Labute approximate surface area is 189 Å². The quantitative estimate of drug-likeness (QED) is 0.413. The van der Waals surface area contributed by atoms with Crippen LogP contribution in [-0.2, 0) is 4.79 Å². The first kappa shape index (κ1) is 24.4. The summed E-state index contributed by atoms with van der Waals surface area (Å²) in [5, 5.41) is 31.2. The molecule has 0 spiro atoms. The second kappa shape index (κ2) is 12.7. The summed E-state index contributed by atoms with van der Waals surface area (Å²) in [6.07, 6.45) is 0.694. The van der Waals surface area contributed by atoms with Crippen LogP contribution in [0.1, 0.15) is 42.3 Å². The molecule has 3 N–H and O–H groups in total. The zero-order valence-electron chi connectivity index (χ0n) is 16.7. The van der Waals surface area contributed by atoms with E-state index in [1.54, 1.807) is 18.2 Å². The molecule has 30 heavy (non-hydrogen) atoms. The Balaban J connectivity index is 2.27. The SMILES string of the molecule is CCC[C@H](NC(=O)C(C#N)C(SCC(O)CO)c1cccc(Br)n1)c1ccccc1. The Morgan fingerprint density at radius 1 is 1.27 bits per heavy atom. The normalized spacial score (nSPS) is 14.9. The van der Waals surface area contributed by atoms with Crippen LogP contribution in [0, 0.1) is 17.2 Å². The molecule has 3 unspecified atom stereocenters. The van der Waals surface area contributed by atoms with Crippen LogP contribution in [0.2, 0.25) is 0 Å². The van der Waals surface area contributed by atoms with Crippen molar-refractivity contribution in [2.24, 2.45) is 5.92 Å². The van der Waals surface area contributed by atoms with E-state index in [0.29, 0.717) is 10.3 Å². The lowest BCUT2D eigenvalue weighted by Gasteiger charge is -2.25. The second-order valence-corrected chi connectivity index (χ2v) is 8.83. The van der Waals surface area contributed by atoms with Crippen LogP contribution in [0.5, 0.6) is 0 Å². The zero-order chi connectivity index (χ0) is 21.9. The lowest BCUT2D eigenvalue weighted by atomic mass is 9.98. The maximum Gasteiger partial charge on any atom is 0.239 e. The molecule has 6 nitrogen and oxygen atoms in total. The van der Waals surface area contributed by atoms with Gasteiger partial charge in [0.2, 0.25) is 5.91 Å². The van der Waals surface area contributed by atoms with E-state index in [0.717, 1.165) is 18.4 Å². The first-order valence-electron chi connectivity index (χ1n) is 9.78. The van der Waals surface area contributed by atoms with E-state index in [2.05, 4.69) is 32.3 Å². The molecule has 1 aromatic carbocycles. The molecule has 0 aliphatic carbocycles. The molecule has 0 saturated heterocycles. The fraction of sp³-hybridized carbons (Fsp3) is 0.409. The number of hydrogen-bond donors (Lipinski definition) is 3. The number of aliphatic hydroxyl groups excluding tert-OH is 2. The minimum Gasteiger partial charge on any atom is -0.394 e. The van der Waals surface area contributed by atoms with Crippen LogP contribution in [0.15, 0.2) is 53.1 Å². The van der Waals surface area contributed by atoms with Gasteiger partial charge >= 0.3 is 0 Å². The number of benzene rings is 1. The second-order valence-electron chi connectivity index (χ2n) is 6.84. The summed E-state index contributed by atoms with van der Waals surface area (Å²) in [5.74, 6) is -1.21. The molecule has 1 amide bonds. The molecule has 2 rings (SSSR count). The molecule has 1 aromatic heterocycles. The summed E-state index contributed by atoms with van der Waals surface area (Å²) in [6.45, 7) is 1.66. The smallest absolute Gasteiger partial charge is 0.239 e. The topological polar surface area (TPSA) is 106 Å². The van der Waals surface area contributed by atoms with Gasteiger partial charge in [-0.1, -0.05) is 49.7 Å². The summed E-state index contributed by atoms with van der Waals surface area (Å²) in [5.41, 5.74) is 1.55. The van der Waals surface area contributed by atoms with Gasteiger partial charge < -0.3 is 15.5 Å². The Hall–Kier alpha value is -1.92. The number of nitrogens with zero attached hydrogens (tertiary/aromatic N) is 2. The molecule has 0 aliphatic rings. The van der Waals surface area contributed by atoms with Crippen molar-refractivity contribution in [1.29, 1.82) is 5.26 Å². The van der Waals surface area contributed by atoms with Crippen molar-refractivity contribution < 1.29 is 15.0 Å². The Bertz CT molecular complexity index is 847. The van der Waals surface area contributed by atoms with Gasteiger partial charge in [-0.05, 0) is 40.0 Å². The van der Waals surface area contributed by atoms with Crippen molar-refractivity contribution in [3.8, 4) is 6.07 Å². The van der Waals surface area contributed by atoms with E-state index in [1.807, 2.05) is 37.3 Å². The van der Waals surface area contributed by atoms with Crippen LogP contribution < -0.4 is 5.32 Å². The molecule has 0 bridgehead atoms. The minimum absolute atomic E-state index is 0.178. The highest BCUT2D eigenvalue weighted by Gasteiger charge is 2.33. The lowest BCUT2D eigenvalue weighted by molar-refractivity contribution is -0.124. The van der Waals surface area contributed by atoms with Crippen LogP contribution in [0.4, 0.5) is 0 Å². The molecule has 0 aliphatic heterocycles. The number of thioether (sulfide) groups is 1. The van der Waals surface area contributed by atoms with Gasteiger partial charge in [0.15, 0.2) is 0 Å². The summed E-state index contributed by atoms with van der Waals surface area (Å²) in [4.78, 5) is 17.6. The van der Waals surface area contributed by atoms with E-state index >= 15 is 0 Å². The number of aromatic nitrogens is 1. The Morgan fingerprint density at radius 2 is 2.00 bits per heavy atom. The molecule has 0 saturated carbocycles. The zero-order valence-corrected chi connectivity index (χ0v) is 19.1. The minimum atomic E-state index is -1.01. The summed E-state index contributed by atoms with van der Waals surface area (Å²) < 4.78 is 0.596. The van der Waals surface area contributed by atoms with Gasteiger partial charge in [-0.15, -0.1) is 11.8 Å². The van der Waals surface area contributed by atoms with Gasteiger partial charge in [0.05, 0.1) is 35.8 Å². The van der Waals surface area contributed by atoms with Crippen molar-refractivity contribution in [3.05, 3.63) is 64.4 Å². The fourth-order valence-corrected chi connectivity index (χ4v) is 4.59. The van der Waals surface area contributed by atoms with Crippen molar-refractivity contribution in [1.82, 2.24) is 10.3 Å². The van der Waals surface area contributed by atoms with Crippen LogP contribution in [0.25, 0.3) is 0 Å². The average Bonchev–Trinajstić information content (AvgIpc) is 2.76. The Kier molecular flexibility index (Phi) is 10.3. The molecule has 4 atom stereocenters. The highest BCUT2D eigenvalue weighted by molar-refractivity contribution is 9.10. The van der Waals surface area contributed by atoms with Crippen LogP contribution in [-0.4, -0.2) is 39.6 Å².